The van der Waals surface area contributed by atoms with Gasteiger partial charge in [-0.1, -0.05) is 41.4 Å². The molecule has 0 aliphatic heterocycles. The highest BCUT2D eigenvalue weighted by Crippen LogP contribution is 2.19. The fourth-order valence-corrected chi connectivity index (χ4v) is 2.34. The van der Waals surface area contributed by atoms with Gasteiger partial charge in [0, 0.05) is 16.3 Å². The van der Waals surface area contributed by atoms with E-state index in [-0.39, 0.29) is 0 Å². The lowest BCUT2D eigenvalue weighted by atomic mass is 10.1. The number of nitrogens with one attached hydrogen (secondary N) is 2. The van der Waals surface area contributed by atoms with Gasteiger partial charge in [-0.2, -0.15) is 5.10 Å². The number of rotatable bonds is 3. The van der Waals surface area contributed by atoms with Crippen molar-refractivity contribution in [2.75, 3.05) is 5.32 Å². The van der Waals surface area contributed by atoms with Crippen LogP contribution in [0.3, 0.4) is 0 Å². The first-order chi connectivity index (χ1) is 11.4. The van der Waals surface area contributed by atoms with Crippen LogP contribution in [0.1, 0.15) is 16.7 Å². The molecule has 7 heteroatoms. The number of hydrogen-bond donors (Lipinski definition) is 2. The second kappa shape index (κ2) is 7.95. The van der Waals surface area contributed by atoms with Gasteiger partial charge in [0.05, 0.1) is 11.2 Å². The zero-order chi connectivity index (χ0) is 17.7. The number of anilines is 1. The van der Waals surface area contributed by atoms with E-state index in [1.807, 2.05) is 19.9 Å². The van der Waals surface area contributed by atoms with Crippen LogP contribution in [-0.2, 0) is 9.59 Å². The van der Waals surface area contributed by atoms with E-state index in [0.717, 1.165) is 11.1 Å². The van der Waals surface area contributed by atoms with Gasteiger partial charge in [-0.25, -0.2) is 5.43 Å². The van der Waals surface area contributed by atoms with Gasteiger partial charge in [-0.15, -0.1) is 0 Å². The molecule has 0 heterocycles. The van der Waals surface area contributed by atoms with Crippen molar-refractivity contribution in [1.29, 1.82) is 0 Å². The van der Waals surface area contributed by atoms with Gasteiger partial charge in [-0.3, -0.25) is 9.59 Å². The second-order valence-corrected chi connectivity index (χ2v) is 5.91. The van der Waals surface area contributed by atoms with E-state index in [9.17, 15) is 9.59 Å². The van der Waals surface area contributed by atoms with Crippen molar-refractivity contribution < 1.29 is 9.59 Å². The first-order valence-electron chi connectivity index (χ1n) is 7.04. The van der Waals surface area contributed by atoms with Crippen LogP contribution < -0.4 is 10.7 Å². The average molecular weight is 364 g/mol. The van der Waals surface area contributed by atoms with Gasteiger partial charge in [0.1, 0.15) is 0 Å². The monoisotopic (exact) mass is 363 g/mol. The van der Waals surface area contributed by atoms with Gasteiger partial charge in [0.25, 0.3) is 0 Å². The topological polar surface area (TPSA) is 70.6 Å². The summed E-state index contributed by atoms with van der Waals surface area (Å²) in [5, 5.41) is 7.16. The standard InChI is InChI=1S/C17H15Cl2N3O2/c1-10-4-3-5-15(11(10)2)21-16(23)17(24)22-20-9-12-6-7-13(18)8-14(12)19/h3-9H,1-2H3,(H,21,23)(H,22,24)/b20-9+. The Morgan fingerprint density at radius 1 is 1.08 bits per heavy atom. The van der Waals surface area contributed by atoms with E-state index in [0.29, 0.717) is 21.3 Å². The third-order valence-electron chi connectivity index (χ3n) is 3.39. The van der Waals surface area contributed by atoms with E-state index in [1.165, 1.54) is 6.21 Å². The molecule has 0 atom stereocenters. The molecule has 2 aromatic carbocycles. The number of hydrogen-bond acceptors (Lipinski definition) is 3. The Balaban J connectivity index is 1.98. The molecular formula is C17H15Cl2N3O2. The number of halogens is 2. The van der Waals surface area contributed by atoms with Crippen molar-refractivity contribution in [2.45, 2.75) is 13.8 Å². The lowest BCUT2D eigenvalue weighted by Gasteiger charge is -2.09. The highest BCUT2D eigenvalue weighted by Gasteiger charge is 2.14. The summed E-state index contributed by atoms with van der Waals surface area (Å²) in [4.78, 5) is 23.7. The molecule has 124 valence electrons. The molecule has 0 aliphatic rings. The summed E-state index contributed by atoms with van der Waals surface area (Å²) in [6, 6.07) is 10.3. The molecule has 0 radical (unpaired) electrons. The Morgan fingerprint density at radius 2 is 1.83 bits per heavy atom. The molecule has 0 aliphatic carbocycles. The maximum absolute atomic E-state index is 11.9. The third kappa shape index (κ3) is 4.57. The van der Waals surface area contributed by atoms with Crippen LogP contribution in [-0.4, -0.2) is 18.0 Å². The summed E-state index contributed by atoms with van der Waals surface area (Å²) in [6.07, 6.45) is 1.34. The molecule has 0 aromatic heterocycles. The van der Waals surface area contributed by atoms with Crippen molar-refractivity contribution in [3.8, 4) is 0 Å². The largest absolute Gasteiger partial charge is 0.329 e. The predicted molar refractivity (Wildman–Crippen MR) is 96.7 cm³/mol. The lowest BCUT2D eigenvalue weighted by Crippen LogP contribution is -2.32. The summed E-state index contributed by atoms with van der Waals surface area (Å²) in [5.41, 5.74) is 5.22. The molecule has 24 heavy (non-hydrogen) atoms. The maximum atomic E-state index is 11.9. The lowest BCUT2D eigenvalue weighted by molar-refractivity contribution is -0.136. The van der Waals surface area contributed by atoms with Crippen molar-refractivity contribution >= 4 is 46.9 Å². The number of nitrogens with zero attached hydrogens (tertiary/aromatic N) is 1. The van der Waals surface area contributed by atoms with Crippen LogP contribution in [0.2, 0.25) is 10.0 Å². The molecule has 0 fully saturated rings. The molecular weight excluding hydrogens is 349 g/mol. The normalized spacial score (nSPS) is 10.7. The van der Waals surface area contributed by atoms with E-state index in [4.69, 9.17) is 23.2 Å². The number of benzene rings is 2. The molecule has 0 unspecified atom stereocenters. The van der Waals surface area contributed by atoms with Gasteiger partial charge in [-0.05, 0) is 43.2 Å². The molecule has 5 nitrogen and oxygen atoms in total. The van der Waals surface area contributed by atoms with Crippen molar-refractivity contribution in [1.82, 2.24) is 5.43 Å². The molecule has 0 spiro atoms. The van der Waals surface area contributed by atoms with Crippen molar-refractivity contribution in [3.63, 3.8) is 0 Å². The van der Waals surface area contributed by atoms with Crippen molar-refractivity contribution in [2.24, 2.45) is 5.10 Å². The SMILES string of the molecule is Cc1cccc(NC(=O)C(=O)N/N=C/c2ccc(Cl)cc2Cl)c1C. The fourth-order valence-electron chi connectivity index (χ4n) is 1.88. The first kappa shape index (κ1) is 18.0. The number of aryl methyl sites for hydroxylation is 1. The van der Waals surface area contributed by atoms with E-state index >= 15 is 0 Å². The van der Waals surface area contributed by atoms with E-state index in [1.54, 1.807) is 30.3 Å². The number of carbonyl (C=O) groups excluding carboxylic acids is 2. The minimum atomic E-state index is -0.878. The molecule has 0 bridgehead atoms. The highest BCUT2D eigenvalue weighted by molar-refractivity contribution is 6.39. The molecule has 2 amide bonds. The van der Waals surface area contributed by atoms with E-state index in [2.05, 4.69) is 15.8 Å². The van der Waals surface area contributed by atoms with Gasteiger partial charge >= 0.3 is 11.8 Å². The summed E-state index contributed by atoms with van der Waals surface area (Å²) in [6.45, 7) is 3.79. The van der Waals surface area contributed by atoms with Gasteiger partial charge in [0.15, 0.2) is 0 Å². The average Bonchev–Trinajstić information content (AvgIpc) is 2.53. The molecule has 2 rings (SSSR count). The Hall–Kier alpha value is -2.37. The molecule has 2 N–H and O–H groups in total. The van der Waals surface area contributed by atoms with E-state index < -0.39 is 11.8 Å². The van der Waals surface area contributed by atoms with Gasteiger partial charge in [0.2, 0.25) is 0 Å². The van der Waals surface area contributed by atoms with Crippen LogP contribution in [0.15, 0.2) is 41.5 Å². The van der Waals surface area contributed by atoms with Crippen LogP contribution in [0.4, 0.5) is 5.69 Å². The fraction of sp³-hybridized carbons (Fsp3) is 0.118. The minimum Gasteiger partial charge on any atom is -0.317 e. The number of hydrazone groups is 1. The molecule has 0 saturated carbocycles. The summed E-state index contributed by atoms with van der Waals surface area (Å²) >= 11 is 11.8. The quantitative estimate of drug-likeness (QED) is 0.495. The van der Waals surface area contributed by atoms with Crippen LogP contribution >= 0.6 is 23.2 Å². The Bertz CT molecular complexity index is 819. The van der Waals surface area contributed by atoms with Gasteiger partial charge < -0.3 is 5.32 Å². The Labute approximate surface area is 149 Å². The van der Waals surface area contributed by atoms with Crippen LogP contribution in [0.5, 0.6) is 0 Å². The first-order valence-corrected chi connectivity index (χ1v) is 7.79. The zero-order valence-electron chi connectivity index (χ0n) is 13.1. The molecule has 0 saturated heterocycles. The zero-order valence-corrected chi connectivity index (χ0v) is 14.6. The van der Waals surface area contributed by atoms with Crippen LogP contribution in [0.25, 0.3) is 0 Å². The smallest absolute Gasteiger partial charge is 0.317 e. The molecule has 2 aromatic rings. The summed E-state index contributed by atoms with van der Waals surface area (Å²) in [7, 11) is 0. The maximum Gasteiger partial charge on any atom is 0.329 e. The second-order valence-electron chi connectivity index (χ2n) is 5.07. The number of amides is 2. The van der Waals surface area contributed by atoms with Crippen LogP contribution in [0, 0.1) is 13.8 Å². The predicted octanol–water partition coefficient (Wildman–Crippen LogP) is 3.70. The Morgan fingerprint density at radius 3 is 2.54 bits per heavy atom. The number of carbonyl (C=O) groups is 2. The summed E-state index contributed by atoms with van der Waals surface area (Å²) < 4.78 is 0. The summed E-state index contributed by atoms with van der Waals surface area (Å²) in [5.74, 6) is -1.68. The Kier molecular flexibility index (Phi) is 5.95. The third-order valence-corrected chi connectivity index (χ3v) is 3.95. The minimum absolute atomic E-state index is 0.389. The highest BCUT2D eigenvalue weighted by atomic mass is 35.5. The van der Waals surface area contributed by atoms with Crippen molar-refractivity contribution in [3.05, 3.63) is 63.1 Å².